The van der Waals surface area contributed by atoms with Crippen molar-refractivity contribution in [3.05, 3.63) is 28.8 Å². The number of hydrogen-bond donors (Lipinski definition) is 2. The van der Waals surface area contributed by atoms with Crippen molar-refractivity contribution in [3.63, 3.8) is 0 Å². The predicted octanol–water partition coefficient (Wildman–Crippen LogP) is 1.68. The van der Waals surface area contributed by atoms with Crippen LogP contribution in [0.15, 0.2) is 18.2 Å². The van der Waals surface area contributed by atoms with Crippen molar-refractivity contribution >= 4 is 17.4 Å². The molecule has 1 aromatic rings. The molecule has 1 rings (SSSR count). The fourth-order valence-corrected chi connectivity index (χ4v) is 1.69. The number of benzene rings is 1. The van der Waals surface area contributed by atoms with Crippen molar-refractivity contribution in [2.24, 2.45) is 5.73 Å². The zero-order valence-corrected chi connectivity index (χ0v) is 12.8. The Hall–Kier alpha value is -1.34. The van der Waals surface area contributed by atoms with Gasteiger partial charge in [0.15, 0.2) is 0 Å². The van der Waals surface area contributed by atoms with Gasteiger partial charge in [-0.05, 0) is 18.2 Å². The van der Waals surface area contributed by atoms with Crippen LogP contribution >= 0.6 is 11.6 Å². The highest BCUT2D eigenvalue weighted by atomic mass is 35.5. The van der Waals surface area contributed by atoms with Gasteiger partial charge in [-0.2, -0.15) is 0 Å². The number of rotatable bonds is 11. The standard InChI is InChI=1S/C14H21ClN2O4/c1-18-4-5-19-6-7-20-8-9-21-13-3-2-11(15)10-12(13)14(16)17/h2-3,10H,4-9H2,1H3,(H3,16,17). The maximum absolute atomic E-state index is 7.48. The van der Waals surface area contributed by atoms with E-state index in [9.17, 15) is 0 Å². The predicted molar refractivity (Wildman–Crippen MR) is 81.5 cm³/mol. The number of amidine groups is 1. The monoisotopic (exact) mass is 316 g/mol. The van der Waals surface area contributed by atoms with Crippen molar-refractivity contribution < 1.29 is 18.9 Å². The molecule has 0 saturated carbocycles. The number of nitrogen functional groups attached to an aromatic ring is 1. The van der Waals surface area contributed by atoms with E-state index in [1.807, 2.05) is 0 Å². The van der Waals surface area contributed by atoms with Crippen molar-refractivity contribution in [2.75, 3.05) is 46.8 Å². The summed E-state index contributed by atoms with van der Waals surface area (Å²) in [5.74, 6) is 0.437. The van der Waals surface area contributed by atoms with Crippen LogP contribution in [0.4, 0.5) is 0 Å². The second-order valence-electron chi connectivity index (χ2n) is 4.12. The molecule has 0 aliphatic heterocycles. The Balaban J connectivity index is 2.20. The number of ether oxygens (including phenoxy) is 4. The summed E-state index contributed by atoms with van der Waals surface area (Å²) >= 11 is 5.86. The molecule has 0 amide bonds. The summed E-state index contributed by atoms with van der Waals surface area (Å²) in [5.41, 5.74) is 5.96. The van der Waals surface area contributed by atoms with Crippen LogP contribution in [-0.2, 0) is 14.2 Å². The van der Waals surface area contributed by atoms with E-state index in [-0.39, 0.29) is 5.84 Å². The zero-order valence-electron chi connectivity index (χ0n) is 12.1. The number of nitrogens with two attached hydrogens (primary N) is 1. The lowest BCUT2D eigenvalue weighted by Gasteiger charge is -2.11. The average molecular weight is 317 g/mol. The lowest BCUT2D eigenvalue weighted by atomic mass is 10.2. The van der Waals surface area contributed by atoms with Gasteiger partial charge < -0.3 is 24.7 Å². The van der Waals surface area contributed by atoms with Gasteiger partial charge in [0.2, 0.25) is 0 Å². The van der Waals surface area contributed by atoms with E-state index in [4.69, 9.17) is 41.7 Å². The minimum atomic E-state index is -0.0834. The Bertz CT molecular complexity index is 443. The van der Waals surface area contributed by atoms with Crippen molar-refractivity contribution in [1.82, 2.24) is 0 Å². The molecule has 0 bridgehead atoms. The minimum Gasteiger partial charge on any atom is -0.490 e. The smallest absolute Gasteiger partial charge is 0.130 e. The first-order chi connectivity index (χ1) is 10.1. The molecule has 0 fully saturated rings. The summed E-state index contributed by atoms with van der Waals surface area (Å²) in [6, 6.07) is 4.98. The van der Waals surface area contributed by atoms with Crippen LogP contribution in [0.5, 0.6) is 5.75 Å². The average Bonchev–Trinajstić information content (AvgIpc) is 2.46. The summed E-state index contributed by atoms with van der Waals surface area (Å²) in [5, 5.41) is 7.99. The quantitative estimate of drug-likeness (QED) is 0.368. The van der Waals surface area contributed by atoms with Gasteiger partial charge in [0, 0.05) is 12.1 Å². The molecule has 0 atom stereocenters. The van der Waals surface area contributed by atoms with Crippen LogP contribution in [0, 0.1) is 5.41 Å². The number of nitrogens with one attached hydrogen (secondary N) is 1. The van der Waals surface area contributed by atoms with Gasteiger partial charge in [0.05, 0.1) is 38.6 Å². The fourth-order valence-electron chi connectivity index (χ4n) is 1.51. The second-order valence-corrected chi connectivity index (χ2v) is 4.56. The van der Waals surface area contributed by atoms with Crippen molar-refractivity contribution in [1.29, 1.82) is 5.41 Å². The summed E-state index contributed by atoms with van der Waals surface area (Å²) in [7, 11) is 1.63. The summed E-state index contributed by atoms with van der Waals surface area (Å²) < 4.78 is 21.0. The molecule has 0 aliphatic rings. The van der Waals surface area contributed by atoms with Gasteiger partial charge >= 0.3 is 0 Å². The van der Waals surface area contributed by atoms with Crippen molar-refractivity contribution in [3.8, 4) is 5.75 Å². The highest BCUT2D eigenvalue weighted by molar-refractivity contribution is 6.31. The molecule has 6 nitrogen and oxygen atoms in total. The molecule has 0 unspecified atom stereocenters. The molecule has 1 aromatic carbocycles. The van der Waals surface area contributed by atoms with E-state index in [0.29, 0.717) is 56.0 Å². The van der Waals surface area contributed by atoms with Crippen LogP contribution in [-0.4, -0.2) is 52.6 Å². The van der Waals surface area contributed by atoms with Crippen LogP contribution < -0.4 is 10.5 Å². The van der Waals surface area contributed by atoms with Gasteiger partial charge in [-0.25, -0.2) is 0 Å². The van der Waals surface area contributed by atoms with Gasteiger partial charge in [-0.1, -0.05) is 11.6 Å². The van der Waals surface area contributed by atoms with Gasteiger partial charge in [0.25, 0.3) is 0 Å². The maximum atomic E-state index is 7.48. The van der Waals surface area contributed by atoms with Crippen LogP contribution in [0.2, 0.25) is 5.02 Å². The van der Waals surface area contributed by atoms with E-state index >= 15 is 0 Å². The minimum absolute atomic E-state index is 0.0834. The molecule has 21 heavy (non-hydrogen) atoms. The molecule has 0 radical (unpaired) electrons. The number of halogens is 1. The Morgan fingerprint density at radius 2 is 1.71 bits per heavy atom. The van der Waals surface area contributed by atoms with Crippen molar-refractivity contribution in [2.45, 2.75) is 0 Å². The summed E-state index contributed by atoms with van der Waals surface area (Å²) in [4.78, 5) is 0. The molecule has 7 heteroatoms. The maximum Gasteiger partial charge on any atom is 0.130 e. The van der Waals surface area contributed by atoms with E-state index in [1.165, 1.54) is 0 Å². The van der Waals surface area contributed by atoms with Gasteiger partial charge in [-0.15, -0.1) is 0 Å². The van der Waals surface area contributed by atoms with Gasteiger partial charge in [0.1, 0.15) is 18.2 Å². The topological polar surface area (TPSA) is 86.8 Å². The molecule has 0 aliphatic carbocycles. The molecule has 0 heterocycles. The third kappa shape index (κ3) is 7.29. The Morgan fingerprint density at radius 3 is 2.33 bits per heavy atom. The number of methoxy groups -OCH3 is 1. The van der Waals surface area contributed by atoms with Crippen LogP contribution in [0.3, 0.4) is 0 Å². The molecule has 118 valence electrons. The Labute approximate surface area is 129 Å². The first-order valence-corrected chi connectivity index (χ1v) is 6.94. The molecular formula is C14H21ClN2O4. The summed E-state index contributed by atoms with van der Waals surface area (Å²) in [6.45, 7) is 2.93. The molecule has 0 aromatic heterocycles. The Morgan fingerprint density at radius 1 is 1.10 bits per heavy atom. The first-order valence-electron chi connectivity index (χ1n) is 6.56. The molecular weight excluding hydrogens is 296 g/mol. The first kappa shape index (κ1) is 17.7. The highest BCUT2D eigenvalue weighted by Gasteiger charge is 2.07. The van der Waals surface area contributed by atoms with Gasteiger partial charge in [-0.3, -0.25) is 5.41 Å². The van der Waals surface area contributed by atoms with Crippen LogP contribution in [0.25, 0.3) is 0 Å². The molecule has 0 saturated heterocycles. The SMILES string of the molecule is COCCOCCOCCOc1ccc(Cl)cc1C(=N)N. The van der Waals surface area contributed by atoms with Crippen LogP contribution in [0.1, 0.15) is 5.56 Å². The normalized spacial score (nSPS) is 10.6. The van der Waals surface area contributed by atoms with E-state index in [1.54, 1.807) is 25.3 Å². The van der Waals surface area contributed by atoms with E-state index in [2.05, 4.69) is 0 Å². The second kappa shape index (κ2) is 10.4. The zero-order chi connectivity index (χ0) is 15.5. The van der Waals surface area contributed by atoms with E-state index in [0.717, 1.165) is 0 Å². The lowest BCUT2D eigenvalue weighted by molar-refractivity contribution is 0.0179. The fraction of sp³-hybridized carbons (Fsp3) is 0.500. The highest BCUT2D eigenvalue weighted by Crippen LogP contribution is 2.22. The Kier molecular flexibility index (Phi) is 8.77. The summed E-state index contributed by atoms with van der Waals surface area (Å²) in [6.07, 6.45) is 0. The third-order valence-electron chi connectivity index (χ3n) is 2.52. The lowest BCUT2D eigenvalue weighted by Crippen LogP contribution is -2.16. The largest absolute Gasteiger partial charge is 0.490 e. The van der Waals surface area contributed by atoms with E-state index < -0.39 is 0 Å². The molecule has 3 N–H and O–H groups in total. The number of hydrogen-bond acceptors (Lipinski definition) is 5. The third-order valence-corrected chi connectivity index (χ3v) is 2.76. The molecule has 0 spiro atoms.